The van der Waals surface area contributed by atoms with Crippen LogP contribution in [0.4, 0.5) is 0 Å². The van der Waals surface area contributed by atoms with Crippen molar-refractivity contribution in [3.8, 4) is 0 Å². The molecule has 0 saturated heterocycles. The largest absolute Gasteiger partial charge is 0.465 e. The molecular weight excluding hydrogens is 236 g/mol. The average molecular weight is 246 g/mol. The molecule has 1 unspecified atom stereocenters. The third-order valence-corrected chi connectivity index (χ3v) is 2.23. The number of ether oxygens (including phenoxy) is 1. The fourth-order valence-electron chi connectivity index (χ4n) is 1.34. The zero-order chi connectivity index (χ0) is 13.4. The lowest BCUT2D eigenvalue weighted by molar-refractivity contribution is 0.0600. The highest BCUT2D eigenvalue weighted by molar-refractivity contribution is 5.89. The Hall–Kier alpha value is -2.69. The third kappa shape index (κ3) is 3.41. The molecular formula is C10H10N6O2. The fourth-order valence-corrected chi connectivity index (χ4v) is 1.34. The molecule has 0 aliphatic carbocycles. The number of carbonyl (C=O) groups excluding carboxylic acids is 1. The van der Waals surface area contributed by atoms with Gasteiger partial charge in [0.05, 0.1) is 18.7 Å². The van der Waals surface area contributed by atoms with Gasteiger partial charge < -0.3 is 4.74 Å². The SMILES string of the molecule is COC(=O)c1ccc(C(CN=[N+]=[N-])N=[N+]=[N-])cc1. The zero-order valence-corrected chi connectivity index (χ0v) is 9.59. The van der Waals surface area contributed by atoms with Crippen molar-refractivity contribution in [1.29, 1.82) is 0 Å². The van der Waals surface area contributed by atoms with Gasteiger partial charge in [-0.25, -0.2) is 4.79 Å². The van der Waals surface area contributed by atoms with Gasteiger partial charge in [0, 0.05) is 16.4 Å². The van der Waals surface area contributed by atoms with Crippen LogP contribution in [-0.2, 0) is 4.74 Å². The van der Waals surface area contributed by atoms with E-state index in [9.17, 15) is 4.79 Å². The van der Waals surface area contributed by atoms with E-state index in [1.54, 1.807) is 24.3 Å². The molecule has 0 spiro atoms. The van der Waals surface area contributed by atoms with Gasteiger partial charge >= 0.3 is 5.97 Å². The zero-order valence-electron chi connectivity index (χ0n) is 9.59. The molecule has 0 aromatic heterocycles. The summed E-state index contributed by atoms with van der Waals surface area (Å²) < 4.78 is 4.56. The topological polar surface area (TPSA) is 124 Å². The van der Waals surface area contributed by atoms with Crippen molar-refractivity contribution in [3.63, 3.8) is 0 Å². The first-order valence-electron chi connectivity index (χ1n) is 4.96. The average Bonchev–Trinajstić information content (AvgIpc) is 2.43. The number of hydrogen-bond acceptors (Lipinski definition) is 4. The summed E-state index contributed by atoms with van der Waals surface area (Å²) in [6.07, 6.45) is 0. The second-order valence-corrected chi connectivity index (χ2v) is 3.25. The van der Waals surface area contributed by atoms with Crippen molar-refractivity contribution in [2.75, 3.05) is 13.7 Å². The van der Waals surface area contributed by atoms with Crippen LogP contribution in [0.2, 0.25) is 0 Å². The summed E-state index contributed by atoms with van der Waals surface area (Å²) in [5, 5.41) is 6.89. The highest BCUT2D eigenvalue weighted by atomic mass is 16.5. The lowest BCUT2D eigenvalue weighted by atomic mass is 10.1. The molecule has 92 valence electrons. The molecule has 0 aliphatic heterocycles. The van der Waals surface area contributed by atoms with Crippen LogP contribution < -0.4 is 0 Å². The van der Waals surface area contributed by atoms with E-state index in [0.717, 1.165) is 0 Å². The first-order valence-corrected chi connectivity index (χ1v) is 4.96. The lowest BCUT2D eigenvalue weighted by Crippen LogP contribution is -2.03. The summed E-state index contributed by atoms with van der Waals surface area (Å²) in [5.41, 5.74) is 17.7. The first kappa shape index (κ1) is 13.4. The standard InChI is InChI=1S/C10H10N6O2/c1-18-10(17)8-4-2-7(3-5-8)9(14-16-12)6-13-15-11/h2-5,9H,6H2,1H3. The normalized spacial score (nSPS) is 10.7. The van der Waals surface area contributed by atoms with Gasteiger partial charge in [-0.15, -0.1) is 0 Å². The molecule has 8 heteroatoms. The molecule has 1 aromatic carbocycles. The number of methoxy groups -OCH3 is 1. The quantitative estimate of drug-likeness (QED) is 0.342. The van der Waals surface area contributed by atoms with Gasteiger partial charge in [0.1, 0.15) is 0 Å². The molecule has 1 rings (SSSR count). The van der Waals surface area contributed by atoms with Crippen LogP contribution >= 0.6 is 0 Å². The maximum absolute atomic E-state index is 11.2. The minimum absolute atomic E-state index is 0.0259. The molecule has 0 heterocycles. The van der Waals surface area contributed by atoms with Gasteiger partial charge in [0.25, 0.3) is 0 Å². The van der Waals surface area contributed by atoms with E-state index in [-0.39, 0.29) is 6.54 Å². The summed E-state index contributed by atoms with van der Waals surface area (Å²) in [4.78, 5) is 16.5. The summed E-state index contributed by atoms with van der Waals surface area (Å²) in [6.45, 7) is 0.0259. The number of carbonyl (C=O) groups is 1. The van der Waals surface area contributed by atoms with Gasteiger partial charge in [0.15, 0.2) is 0 Å². The predicted octanol–water partition coefficient (Wildman–Crippen LogP) is 3.13. The van der Waals surface area contributed by atoms with Gasteiger partial charge in [-0.3, -0.25) is 0 Å². The Morgan fingerprint density at radius 1 is 1.33 bits per heavy atom. The molecule has 1 aromatic rings. The second-order valence-electron chi connectivity index (χ2n) is 3.25. The van der Waals surface area contributed by atoms with E-state index in [0.29, 0.717) is 11.1 Å². The minimum atomic E-state index is -0.586. The molecule has 8 nitrogen and oxygen atoms in total. The summed E-state index contributed by atoms with van der Waals surface area (Å²) in [7, 11) is 1.29. The van der Waals surface area contributed by atoms with Crippen LogP contribution in [0.3, 0.4) is 0 Å². The second kappa shape index (κ2) is 6.80. The third-order valence-electron chi connectivity index (χ3n) is 2.23. The number of nitrogens with zero attached hydrogens (tertiary/aromatic N) is 6. The summed E-state index contributed by atoms with van der Waals surface area (Å²) >= 11 is 0. The van der Waals surface area contributed by atoms with E-state index >= 15 is 0 Å². The van der Waals surface area contributed by atoms with Gasteiger partial charge in [-0.05, 0) is 28.8 Å². The maximum atomic E-state index is 11.2. The van der Waals surface area contributed by atoms with Crippen LogP contribution in [0.25, 0.3) is 20.9 Å². The monoisotopic (exact) mass is 246 g/mol. The molecule has 18 heavy (non-hydrogen) atoms. The highest BCUT2D eigenvalue weighted by Gasteiger charge is 2.10. The molecule has 1 atom stereocenters. The predicted molar refractivity (Wildman–Crippen MR) is 63.7 cm³/mol. The van der Waals surface area contributed by atoms with E-state index < -0.39 is 12.0 Å². The van der Waals surface area contributed by atoms with Gasteiger partial charge in [0.2, 0.25) is 0 Å². The van der Waals surface area contributed by atoms with Crippen molar-refractivity contribution in [1.82, 2.24) is 0 Å². The number of hydrogen-bond donors (Lipinski definition) is 0. The van der Waals surface area contributed by atoms with Crippen molar-refractivity contribution >= 4 is 5.97 Å². The van der Waals surface area contributed by atoms with E-state index in [4.69, 9.17) is 11.1 Å². The first-order chi connectivity index (χ1) is 8.72. The Kier molecular flexibility index (Phi) is 5.05. The van der Waals surface area contributed by atoms with Crippen molar-refractivity contribution in [2.45, 2.75) is 6.04 Å². The number of azide groups is 2. The van der Waals surface area contributed by atoms with Crippen LogP contribution in [0.1, 0.15) is 22.0 Å². The van der Waals surface area contributed by atoms with Crippen LogP contribution in [0, 0.1) is 0 Å². The number of benzene rings is 1. The van der Waals surface area contributed by atoms with Crippen LogP contribution in [-0.4, -0.2) is 19.6 Å². The molecule has 0 radical (unpaired) electrons. The number of esters is 1. The number of rotatable bonds is 5. The Morgan fingerprint density at radius 3 is 2.50 bits per heavy atom. The minimum Gasteiger partial charge on any atom is -0.465 e. The molecule has 0 bridgehead atoms. The molecule has 0 amide bonds. The molecule has 0 fully saturated rings. The van der Waals surface area contributed by atoms with Crippen molar-refractivity contribution in [3.05, 3.63) is 56.3 Å². The fraction of sp³-hybridized carbons (Fsp3) is 0.300. The van der Waals surface area contributed by atoms with Gasteiger partial charge in [-0.2, -0.15) is 0 Å². The Balaban J connectivity index is 2.96. The lowest BCUT2D eigenvalue weighted by Gasteiger charge is -2.08. The van der Waals surface area contributed by atoms with Crippen LogP contribution in [0.15, 0.2) is 34.5 Å². The molecule has 0 N–H and O–H groups in total. The molecule has 0 aliphatic rings. The van der Waals surface area contributed by atoms with Gasteiger partial charge in [-0.1, -0.05) is 22.4 Å². The summed E-state index contributed by atoms with van der Waals surface area (Å²) in [6, 6.07) is 5.77. The van der Waals surface area contributed by atoms with Crippen molar-refractivity contribution < 1.29 is 9.53 Å². The van der Waals surface area contributed by atoms with E-state index in [1.165, 1.54) is 7.11 Å². The van der Waals surface area contributed by atoms with E-state index in [2.05, 4.69) is 24.8 Å². The Morgan fingerprint density at radius 2 is 2.00 bits per heavy atom. The highest BCUT2D eigenvalue weighted by Crippen LogP contribution is 2.19. The Bertz CT molecular complexity index is 514. The van der Waals surface area contributed by atoms with Crippen molar-refractivity contribution in [2.24, 2.45) is 10.2 Å². The maximum Gasteiger partial charge on any atom is 0.337 e. The smallest absolute Gasteiger partial charge is 0.337 e. The van der Waals surface area contributed by atoms with E-state index in [1.807, 2.05) is 0 Å². The summed E-state index contributed by atoms with van der Waals surface area (Å²) in [5.74, 6) is -0.447. The molecule has 0 saturated carbocycles. The van der Waals surface area contributed by atoms with Crippen LogP contribution in [0.5, 0.6) is 0 Å². The Labute approximate surface area is 102 Å².